The Morgan fingerprint density at radius 2 is 0.745 bits per heavy atom. The minimum absolute atomic E-state index is 0. The monoisotopic (exact) mass is 702 g/mol. The van der Waals surface area contributed by atoms with Crippen LogP contribution >= 0.6 is 0 Å². The largest absolute Gasteiger partial charge is 0.479 e. The maximum absolute atomic E-state index is 5.69. The number of hydrogen-bond acceptors (Lipinski definition) is 8. The van der Waals surface area contributed by atoms with Gasteiger partial charge >= 0.3 is 0 Å². The Labute approximate surface area is 286 Å². The second kappa shape index (κ2) is 19.4. The zero-order valence-corrected chi connectivity index (χ0v) is 26.9. The maximum Gasteiger partial charge on any atom is 0.149 e. The van der Waals surface area contributed by atoms with E-state index in [-0.39, 0.29) is 32.7 Å². The van der Waals surface area contributed by atoms with Gasteiger partial charge in [0.15, 0.2) is 0 Å². The zero-order chi connectivity index (χ0) is 31.5. The molecule has 0 saturated heterocycles. The van der Waals surface area contributed by atoms with Crippen molar-refractivity contribution < 1.29 is 29.0 Å². The Bertz CT molecular complexity index is 1740. The third kappa shape index (κ3) is 10.8. The molecular weight excluding hydrogens is 674 g/mol. The first-order valence-corrected chi connectivity index (χ1v) is 14.3. The Morgan fingerprint density at radius 3 is 1.06 bits per heavy atom. The van der Waals surface area contributed by atoms with Gasteiger partial charge < -0.3 is 9.47 Å². The molecule has 0 bridgehead atoms. The fraction of sp³-hybridized carbons (Fsp3) is 0.0526. The maximum atomic E-state index is 5.69. The predicted molar refractivity (Wildman–Crippen MR) is 178 cm³/mol. The molecule has 7 rings (SSSR count). The van der Waals surface area contributed by atoms with Gasteiger partial charge in [-0.3, -0.25) is 29.9 Å². The summed E-state index contributed by atoms with van der Waals surface area (Å²) in [6.45, 7) is 0.527. The van der Waals surface area contributed by atoms with Crippen molar-refractivity contribution in [2.24, 2.45) is 0 Å². The molecule has 6 aromatic heterocycles. The minimum Gasteiger partial charge on any atom is -0.479 e. The fourth-order valence-corrected chi connectivity index (χ4v) is 3.94. The van der Waals surface area contributed by atoms with E-state index in [1.54, 1.807) is 49.3 Å². The molecule has 1 aliphatic rings. The Kier molecular flexibility index (Phi) is 14.0. The van der Waals surface area contributed by atoms with Crippen molar-refractivity contribution in [1.82, 2.24) is 29.9 Å². The summed E-state index contributed by atoms with van der Waals surface area (Å²) in [6, 6.07) is 30.5. The zero-order valence-electron chi connectivity index (χ0n) is 25.1. The summed E-state index contributed by atoms with van der Waals surface area (Å²) >= 11 is 0. The minimum atomic E-state index is 0. The van der Waals surface area contributed by atoms with Crippen LogP contribution in [-0.4, -0.2) is 43.1 Å². The van der Waals surface area contributed by atoms with E-state index in [9.17, 15) is 0 Å². The van der Waals surface area contributed by atoms with Gasteiger partial charge in [0.05, 0.1) is 22.8 Å². The van der Waals surface area contributed by atoms with Crippen LogP contribution in [0.4, 0.5) is 0 Å². The number of hydrogen-bond donors (Lipinski definition) is 0. The van der Waals surface area contributed by atoms with Crippen LogP contribution in [0.5, 0.6) is 11.5 Å². The number of ether oxygens (including phenoxy) is 2. The number of aromatic nitrogens is 6. The summed E-state index contributed by atoms with van der Waals surface area (Å²) in [5.41, 5.74) is 4.91. The van der Waals surface area contributed by atoms with E-state index < -0.39 is 0 Å². The van der Waals surface area contributed by atoms with Crippen LogP contribution in [0.2, 0.25) is 0 Å². The van der Waals surface area contributed by atoms with Gasteiger partial charge in [-0.1, -0.05) is 47.9 Å². The molecule has 8 nitrogen and oxygen atoms in total. The number of pyridine rings is 6. The molecule has 0 N–H and O–H groups in total. The van der Waals surface area contributed by atoms with Crippen molar-refractivity contribution in [2.75, 3.05) is 13.2 Å². The van der Waals surface area contributed by atoms with Crippen LogP contribution in [-0.2, 0) is 19.5 Å². The molecule has 0 atom stereocenters. The third-order valence-corrected chi connectivity index (χ3v) is 6.00. The number of allylic oxidation sites excluding steroid dienone is 2. The normalized spacial score (nSPS) is 11.6. The second-order valence-electron chi connectivity index (χ2n) is 9.11. The van der Waals surface area contributed by atoms with Gasteiger partial charge in [0, 0.05) is 56.7 Å². The van der Waals surface area contributed by atoms with E-state index in [0.29, 0.717) is 22.9 Å². The van der Waals surface area contributed by atoms with Crippen molar-refractivity contribution in [3.63, 3.8) is 0 Å². The van der Waals surface area contributed by atoms with Crippen LogP contribution in [0, 0.1) is 23.7 Å². The molecule has 0 spiro atoms. The van der Waals surface area contributed by atoms with E-state index in [1.807, 2.05) is 97.1 Å². The molecule has 0 unspecified atom stereocenters. The quantitative estimate of drug-likeness (QED) is 0.144. The SMILES string of the molecule is C1#CCOc2cccnc2-c2ncccc2OCC#C/C=C\1.[Ru].c1ccc(-c2ccccn2)nc1.c1ccc(-c2ccccn2)nc1. The molecule has 0 aromatic carbocycles. The Balaban J connectivity index is 0.000000170. The standard InChI is InChI=1S/C18H12N2O2.2C10H8N2.Ru/c1-2-4-6-14-22-16-10-8-12-20-18(16)17-15(9-7-11-19-17)21-13-5-3-1;2*1-3-7-11-9(5-1)10-6-2-4-8-12-10;/h1-2,7-12H,13-14H2;2*1-8H;/b2-1-;;;. The molecule has 7 heterocycles. The topological polar surface area (TPSA) is 95.8 Å². The molecule has 0 radical (unpaired) electrons. The van der Waals surface area contributed by atoms with Crippen LogP contribution in [0.1, 0.15) is 0 Å². The number of nitrogens with zero attached hydrogens (tertiary/aromatic N) is 6. The van der Waals surface area contributed by atoms with Crippen molar-refractivity contribution in [3.05, 3.63) is 146 Å². The molecule has 0 aliphatic carbocycles. The molecule has 230 valence electrons. The number of rotatable bonds is 2. The first kappa shape index (κ1) is 33.9. The summed E-state index contributed by atoms with van der Waals surface area (Å²) in [7, 11) is 0. The van der Waals surface area contributed by atoms with Crippen molar-refractivity contribution in [3.8, 4) is 69.3 Å². The molecular formula is C38H28N6O2Ru. The van der Waals surface area contributed by atoms with Crippen molar-refractivity contribution in [2.45, 2.75) is 0 Å². The fourth-order valence-electron chi connectivity index (χ4n) is 3.94. The van der Waals surface area contributed by atoms with Gasteiger partial charge in [-0.15, -0.1) is 0 Å². The van der Waals surface area contributed by atoms with Gasteiger partial charge in [-0.2, -0.15) is 0 Å². The first-order valence-electron chi connectivity index (χ1n) is 14.3. The average Bonchev–Trinajstić information content (AvgIpc) is 3.15. The smallest absolute Gasteiger partial charge is 0.149 e. The summed E-state index contributed by atoms with van der Waals surface area (Å²) in [4.78, 5) is 25.5. The van der Waals surface area contributed by atoms with Crippen LogP contribution in [0.25, 0.3) is 34.2 Å². The first-order chi connectivity index (χ1) is 22.9. The molecule has 9 heteroatoms. The molecule has 47 heavy (non-hydrogen) atoms. The molecule has 0 fully saturated rings. The predicted octanol–water partition coefficient (Wildman–Crippen LogP) is 6.76. The van der Waals surface area contributed by atoms with E-state index >= 15 is 0 Å². The van der Waals surface area contributed by atoms with Crippen molar-refractivity contribution >= 4 is 0 Å². The summed E-state index contributed by atoms with van der Waals surface area (Å²) in [5.74, 6) is 12.7. The second-order valence-corrected chi connectivity index (χ2v) is 9.11. The average molecular weight is 702 g/mol. The van der Waals surface area contributed by atoms with Gasteiger partial charge in [0.2, 0.25) is 0 Å². The molecule has 1 aliphatic heterocycles. The number of fused-ring (bicyclic) bond motifs is 3. The third-order valence-electron chi connectivity index (χ3n) is 6.00. The van der Waals surface area contributed by atoms with Gasteiger partial charge in [0.1, 0.15) is 36.1 Å². The molecule has 0 saturated carbocycles. The van der Waals surface area contributed by atoms with Gasteiger partial charge in [0.25, 0.3) is 0 Å². The Hall–Kier alpha value is -6.02. The van der Waals surface area contributed by atoms with Crippen LogP contribution < -0.4 is 9.47 Å². The summed E-state index contributed by atoms with van der Waals surface area (Å²) in [6.07, 6.45) is 13.8. The van der Waals surface area contributed by atoms with Crippen LogP contribution in [0.3, 0.4) is 0 Å². The summed E-state index contributed by atoms with van der Waals surface area (Å²) < 4.78 is 11.4. The van der Waals surface area contributed by atoms with Gasteiger partial charge in [-0.25, -0.2) is 0 Å². The van der Waals surface area contributed by atoms with Crippen LogP contribution in [0.15, 0.2) is 146 Å². The van der Waals surface area contributed by atoms with E-state index in [0.717, 1.165) is 22.8 Å². The Morgan fingerprint density at radius 1 is 0.404 bits per heavy atom. The van der Waals surface area contributed by atoms with E-state index in [4.69, 9.17) is 9.47 Å². The van der Waals surface area contributed by atoms with Gasteiger partial charge in [-0.05, 0) is 84.9 Å². The molecule has 0 amide bonds. The van der Waals surface area contributed by atoms with E-state index in [1.165, 1.54) is 0 Å². The molecule has 6 aromatic rings. The van der Waals surface area contributed by atoms with E-state index in [2.05, 4.69) is 53.6 Å². The van der Waals surface area contributed by atoms with Crippen molar-refractivity contribution in [1.29, 1.82) is 0 Å². The summed E-state index contributed by atoms with van der Waals surface area (Å²) in [5, 5.41) is 0.